The molecule has 3 rings (SSSR count). The van der Waals surface area contributed by atoms with Gasteiger partial charge in [-0.3, -0.25) is 0 Å². The number of fused-ring (bicyclic) bond motifs is 1. The van der Waals surface area contributed by atoms with Crippen molar-refractivity contribution in [3.05, 3.63) is 65.8 Å². The van der Waals surface area contributed by atoms with Gasteiger partial charge in [0.05, 0.1) is 12.3 Å². The fourth-order valence-electron chi connectivity index (χ4n) is 2.58. The van der Waals surface area contributed by atoms with Crippen molar-refractivity contribution < 1.29 is 0 Å². The third kappa shape index (κ3) is 4.23. The number of hydrogen-bond acceptors (Lipinski definition) is 5. The van der Waals surface area contributed by atoms with E-state index < -0.39 is 0 Å². The van der Waals surface area contributed by atoms with Crippen molar-refractivity contribution in [1.82, 2.24) is 20.3 Å². The Hall–Kier alpha value is -3.15. The highest BCUT2D eigenvalue weighted by Crippen LogP contribution is 2.19. The molecule has 6 nitrogen and oxygen atoms in total. The molecule has 4 N–H and O–H groups in total. The highest BCUT2D eigenvalue weighted by molar-refractivity contribution is 5.95. The first kappa shape index (κ1) is 16.7. The molecule has 0 spiro atoms. The predicted octanol–water partition coefficient (Wildman–Crippen LogP) is 3.10. The van der Waals surface area contributed by atoms with Crippen molar-refractivity contribution in [2.24, 2.45) is 0 Å². The van der Waals surface area contributed by atoms with Gasteiger partial charge in [0.15, 0.2) is 0 Å². The monoisotopic (exact) mass is 334 g/mol. The maximum Gasteiger partial charge on any atom is 0.137 e. The fourth-order valence-corrected chi connectivity index (χ4v) is 2.58. The van der Waals surface area contributed by atoms with E-state index >= 15 is 0 Å². The molecule has 0 atom stereocenters. The van der Waals surface area contributed by atoms with Gasteiger partial charge in [-0.15, -0.1) is 0 Å². The molecule has 3 aromatic heterocycles. The number of allylic oxidation sites excluding steroid dienone is 1. The lowest BCUT2D eigenvalue weighted by Crippen LogP contribution is -2.14. The number of aromatic amines is 1. The lowest BCUT2D eigenvalue weighted by molar-refractivity contribution is 0.991. The Morgan fingerprint density at radius 3 is 2.92 bits per heavy atom. The quantitative estimate of drug-likeness (QED) is 0.500. The van der Waals surface area contributed by atoms with Gasteiger partial charge in [-0.25, -0.2) is 9.97 Å². The second kappa shape index (κ2) is 7.61. The van der Waals surface area contributed by atoms with Gasteiger partial charge in [0.25, 0.3) is 0 Å². The third-order valence-electron chi connectivity index (χ3n) is 4.00. The Morgan fingerprint density at radius 2 is 2.16 bits per heavy atom. The first-order chi connectivity index (χ1) is 12.2. The molecule has 0 saturated heterocycles. The molecule has 0 aliphatic heterocycles. The Bertz CT molecular complexity index is 892. The standard InChI is InChI=1S/C19H22N6/c1-13(21-2)8-16(20)12-24-18-6-5-14(10-23-18)9-15-11-25-19-17(15)4-3-7-22-19/h3-8,10-11,20-21H,9,12H2,1-2H3,(H,22,25)(H,23,24)/b13-8-,20-16?. The zero-order valence-corrected chi connectivity index (χ0v) is 14.4. The predicted molar refractivity (Wildman–Crippen MR) is 102 cm³/mol. The molecular formula is C19H22N6. The molecule has 0 aliphatic rings. The van der Waals surface area contributed by atoms with Gasteiger partial charge in [-0.2, -0.15) is 0 Å². The van der Waals surface area contributed by atoms with Gasteiger partial charge < -0.3 is 21.0 Å². The highest BCUT2D eigenvalue weighted by atomic mass is 15.0. The smallest absolute Gasteiger partial charge is 0.137 e. The summed E-state index contributed by atoms with van der Waals surface area (Å²) >= 11 is 0. The minimum Gasteiger partial charge on any atom is -0.392 e. The van der Waals surface area contributed by atoms with Crippen molar-refractivity contribution in [1.29, 1.82) is 5.41 Å². The molecule has 0 fully saturated rings. The van der Waals surface area contributed by atoms with Crippen molar-refractivity contribution in [2.45, 2.75) is 13.3 Å². The van der Waals surface area contributed by atoms with Crippen LogP contribution in [0.5, 0.6) is 0 Å². The van der Waals surface area contributed by atoms with E-state index in [4.69, 9.17) is 5.41 Å². The van der Waals surface area contributed by atoms with Gasteiger partial charge in [-0.1, -0.05) is 6.07 Å². The summed E-state index contributed by atoms with van der Waals surface area (Å²) in [6.45, 7) is 2.38. The molecule has 0 amide bonds. The van der Waals surface area contributed by atoms with E-state index in [1.807, 2.05) is 38.5 Å². The normalized spacial score (nSPS) is 11.5. The first-order valence-corrected chi connectivity index (χ1v) is 8.19. The van der Waals surface area contributed by atoms with Crippen LogP contribution in [0.1, 0.15) is 18.1 Å². The third-order valence-corrected chi connectivity index (χ3v) is 4.00. The molecule has 25 heavy (non-hydrogen) atoms. The van der Waals surface area contributed by atoms with Crippen molar-refractivity contribution >= 4 is 22.6 Å². The molecule has 128 valence electrons. The van der Waals surface area contributed by atoms with Crippen LogP contribution in [0.25, 0.3) is 11.0 Å². The Kier molecular flexibility index (Phi) is 5.09. The van der Waals surface area contributed by atoms with Crippen LogP contribution in [0.2, 0.25) is 0 Å². The lowest BCUT2D eigenvalue weighted by Gasteiger charge is -2.07. The maximum atomic E-state index is 7.91. The second-order valence-electron chi connectivity index (χ2n) is 5.90. The summed E-state index contributed by atoms with van der Waals surface area (Å²) in [5.41, 5.74) is 4.72. The molecule has 3 aromatic rings. The summed E-state index contributed by atoms with van der Waals surface area (Å²) in [4.78, 5) is 11.9. The van der Waals surface area contributed by atoms with Crippen LogP contribution >= 0.6 is 0 Å². The molecule has 0 bridgehead atoms. The van der Waals surface area contributed by atoms with Gasteiger partial charge >= 0.3 is 0 Å². The minimum absolute atomic E-state index is 0.444. The highest BCUT2D eigenvalue weighted by Gasteiger charge is 2.05. The fraction of sp³-hybridized carbons (Fsp3) is 0.211. The Balaban J connectivity index is 1.62. The van der Waals surface area contributed by atoms with Crippen LogP contribution in [0.4, 0.5) is 5.82 Å². The largest absolute Gasteiger partial charge is 0.392 e. The number of nitrogens with zero attached hydrogens (tertiary/aromatic N) is 2. The zero-order chi connectivity index (χ0) is 17.6. The number of aromatic nitrogens is 3. The Morgan fingerprint density at radius 1 is 1.28 bits per heavy atom. The number of H-pyrrole nitrogens is 1. The minimum atomic E-state index is 0.444. The summed E-state index contributed by atoms with van der Waals surface area (Å²) in [5, 5.41) is 15.2. The van der Waals surface area contributed by atoms with Gasteiger partial charge in [0.1, 0.15) is 11.5 Å². The van der Waals surface area contributed by atoms with Crippen LogP contribution in [0.15, 0.2) is 54.6 Å². The van der Waals surface area contributed by atoms with E-state index in [9.17, 15) is 0 Å². The topological polar surface area (TPSA) is 89.5 Å². The summed E-state index contributed by atoms with van der Waals surface area (Å²) < 4.78 is 0. The van der Waals surface area contributed by atoms with E-state index in [1.54, 1.807) is 12.3 Å². The van der Waals surface area contributed by atoms with Crippen LogP contribution in [0.3, 0.4) is 0 Å². The first-order valence-electron chi connectivity index (χ1n) is 8.19. The van der Waals surface area contributed by atoms with Crippen molar-refractivity contribution in [3.63, 3.8) is 0 Å². The van der Waals surface area contributed by atoms with Crippen LogP contribution in [-0.2, 0) is 6.42 Å². The van der Waals surface area contributed by atoms with E-state index in [-0.39, 0.29) is 0 Å². The van der Waals surface area contributed by atoms with Crippen LogP contribution in [-0.4, -0.2) is 34.3 Å². The summed E-state index contributed by atoms with van der Waals surface area (Å²) in [7, 11) is 1.84. The van der Waals surface area contributed by atoms with Gasteiger partial charge in [-0.05, 0) is 42.3 Å². The number of rotatable bonds is 7. The molecule has 0 aliphatic carbocycles. The summed E-state index contributed by atoms with van der Waals surface area (Å²) in [6.07, 6.45) is 8.26. The SMILES string of the molecule is CN/C(C)=C\C(=N)CNc1ccc(Cc2c[nH]c3ncccc23)cn1. The molecule has 6 heteroatoms. The van der Waals surface area contributed by atoms with Gasteiger partial charge in [0, 0.05) is 43.1 Å². The number of anilines is 1. The van der Waals surface area contributed by atoms with E-state index in [0.29, 0.717) is 12.3 Å². The number of hydrogen-bond donors (Lipinski definition) is 4. The van der Waals surface area contributed by atoms with Crippen LogP contribution < -0.4 is 10.6 Å². The van der Waals surface area contributed by atoms with E-state index in [2.05, 4.69) is 37.7 Å². The van der Waals surface area contributed by atoms with Gasteiger partial charge in [0.2, 0.25) is 0 Å². The average Bonchev–Trinajstić information content (AvgIpc) is 3.04. The average molecular weight is 334 g/mol. The van der Waals surface area contributed by atoms with E-state index in [1.165, 1.54) is 5.56 Å². The molecular weight excluding hydrogens is 312 g/mol. The molecule has 0 radical (unpaired) electrons. The number of nitrogens with one attached hydrogen (secondary N) is 4. The molecule has 3 heterocycles. The maximum absolute atomic E-state index is 7.91. The number of pyridine rings is 2. The molecule has 0 aromatic carbocycles. The Labute approximate surface area is 146 Å². The van der Waals surface area contributed by atoms with E-state index in [0.717, 1.165) is 34.5 Å². The molecule has 0 unspecified atom stereocenters. The lowest BCUT2D eigenvalue weighted by atomic mass is 10.1. The second-order valence-corrected chi connectivity index (χ2v) is 5.90. The summed E-state index contributed by atoms with van der Waals surface area (Å²) in [5.74, 6) is 0.768. The molecule has 0 saturated carbocycles. The van der Waals surface area contributed by atoms with Crippen LogP contribution in [0, 0.1) is 5.41 Å². The van der Waals surface area contributed by atoms with Crippen molar-refractivity contribution in [3.8, 4) is 0 Å². The van der Waals surface area contributed by atoms with Crippen molar-refractivity contribution in [2.75, 3.05) is 18.9 Å². The summed E-state index contributed by atoms with van der Waals surface area (Å²) in [6, 6.07) is 8.03. The zero-order valence-electron chi connectivity index (χ0n) is 14.4.